The molecule has 8 heteroatoms. The number of benzene rings is 1. The van der Waals surface area contributed by atoms with E-state index in [0.29, 0.717) is 44.0 Å². The Hall–Kier alpha value is -3.23. The third-order valence-corrected chi connectivity index (χ3v) is 7.53. The molecule has 1 aromatic heterocycles. The molecule has 2 amide bonds. The van der Waals surface area contributed by atoms with Gasteiger partial charge < -0.3 is 24.2 Å². The number of morpholine rings is 1. The van der Waals surface area contributed by atoms with Gasteiger partial charge in [-0.05, 0) is 23.8 Å². The van der Waals surface area contributed by atoms with E-state index in [2.05, 4.69) is 0 Å². The molecule has 35 heavy (non-hydrogen) atoms. The Labute approximate surface area is 204 Å². The third-order valence-electron chi connectivity index (χ3n) is 7.53. The predicted octanol–water partition coefficient (Wildman–Crippen LogP) is 1.78. The van der Waals surface area contributed by atoms with E-state index in [1.165, 1.54) is 0 Å². The molecule has 0 unspecified atom stereocenters. The van der Waals surface area contributed by atoms with Crippen molar-refractivity contribution in [2.45, 2.75) is 32.0 Å². The number of carbonyl (C=O) groups is 2. The number of carbonyl (C=O) groups excluding carboxylic acids is 2. The van der Waals surface area contributed by atoms with Gasteiger partial charge in [-0.2, -0.15) is 0 Å². The molecule has 3 aliphatic heterocycles. The Morgan fingerprint density at radius 3 is 2.51 bits per heavy atom. The number of amides is 2. The zero-order valence-electron chi connectivity index (χ0n) is 19.9. The van der Waals surface area contributed by atoms with Gasteiger partial charge in [0, 0.05) is 49.8 Å². The van der Waals surface area contributed by atoms with Gasteiger partial charge in [0.1, 0.15) is 0 Å². The summed E-state index contributed by atoms with van der Waals surface area (Å²) in [6.07, 6.45) is 4.00. The van der Waals surface area contributed by atoms with Gasteiger partial charge in [0.25, 0.3) is 5.56 Å². The second-order valence-corrected chi connectivity index (χ2v) is 9.35. The maximum atomic E-state index is 13.7. The molecular weight excluding hydrogens is 446 g/mol. The van der Waals surface area contributed by atoms with Crippen molar-refractivity contribution in [3.05, 3.63) is 69.6 Å². The first-order chi connectivity index (χ1) is 17.0. The summed E-state index contributed by atoms with van der Waals surface area (Å²) in [4.78, 5) is 43.8. The zero-order valence-corrected chi connectivity index (χ0v) is 19.9. The van der Waals surface area contributed by atoms with Gasteiger partial charge in [0.15, 0.2) is 0 Å². The lowest BCUT2D eigenvalue weighted by molar-refractivity contribution is -0.143. The number of rotatable bonds is 5. The van der Waals surface area contributed by atoms with Gasteiger partial charge in [-0.3, -0.25) is 14.4 Å². The lowest BCUT2D eigenvalue weighted by atomic mass is 9.86. The number of aromatic nitrogens is 1. The van der Waals surface area contributed by atoms with Gasteiger partial charge in [0.2, 0.25) is 11.8 Å². The van der Waals surface area contributed by atoms with Gasteiger partial charge in [-0.25, -0.2) is 0 Å². The van der Waals surface area contributed by atoms with Gasteiger partial charge in [-0.1, -0.05) is 43.3 Å². The quantitative estimate of drug-likeness (QED) is 0.709. The summed E-state index contributed by atoms with van der Waals surface area (Å²) < 4.78 is 7.11. The summed E-state index contributed by atoms with van der Waals surface area (Å²) >= 11 is 0. The van der Waals surface area contributed by atoms with Gasteiger partial charge in [-0.15, -0.1) is 0 Å². The van der Waals surface area contributed by atoms with Crippen molar-refractivity contribution in [2.24, 2.45) is 11.8 Å². The van der Waals surface area contributed by atoms with Crippen molar-refractivity contribution in [3.8, 4) is 0 Å². The van der Waals surface area contributed by atoms with E-state index in [0.717, 1.165) is 5.56 Å². The number of fused-ring (bicyclic) bond motifs is 4. The second kappa shape index (κ2) is 9.79. The molecule has 0 radical (unpaired) electrons. The van der Waals surface area contributed by atoms with Crippen LogP contribution < -0.4 is 5.56 Å². The Bertz CT molecular complexity index is 1190. The first kappa shape index (κ1) is 23.5. The molecule has 2 bridgehead atoms. The molecule has 4 heterocycles. The molecule has 5 rings (SSSR count). The summed E-state index contributed by atoms with van der Waals surface area (Å²) in [5.41, 5.74) is 2.05. The van der Waals surface area contributed by atoms with E-state index in [-0.39, 0.29) is 30.5 Å². The van der Waals surface area contributed by atoms with E-state index in [1.54, 1.807) is 33.4 Å². The highest BCUT2D eigenvalue weighted by molar-refractivity contribution is 5.84. The topological polar surface area (TPSA) is 92.1 Å². The van der Waals surface area contributed by atoms with Crippen molar-refractivity contribution in [1.82, 2.24) is 14.4 Å². The molecule has 0 saturated carbocycles. The first-order valence-corrected chi connectivity index (χ1v) is 12.3. The molecule has 4 atom stereocenters. The fourth-order valence-electron chi connectivity index (χ4n) is 5.80. The van der Waals surface area contributed by atoms with E-state index in [9.17, 15) is 19.5 Å². The standard InChI is InChI=1S/C27H31N3O5/c1-2-23(32)30-22-16-29-21(11-10-19(26(29)33)9-8-18-6-4-3-5-7-18)25(30)24(20(22)17-31)27(34)28-12-14-35-15-13-28/h3-11,20,22,24-25,31H,2,12-17H2,1H3/b9-8+/t20-,22-,24+,25+/m0/s1. The molecule has 184 valence electrons. The minimum absolute atomic E-state index is 0.0672. The minimum Gasteiger partial charge on any atom is -0.396 e. The highest BCUT2D eigenvalue weighted by atomic mass is 16.5. The highest BCUT2D eigenvalue weighted by Gasteiger charge is 2.57. The van der Waals surface area contributed by atoms with Crippen LogP contribution in [0.25, 0.3) is 12.2 Å². The largest absolute Gasteiger partial charge is 0.396 e. The smallest absolute Gasteiger partial charge is 0.258 e. The summed E-state index contributed by atoms with van der Waals surface area (Å²) in [5.74, 6) is -1.18. The molecule has 1 N–H and O–H groups in total. The van der Waals surface area contributed by atoms with Crippen LogP contribution in [0.3, 0.4) is 0 Å². The van der Waals surface area contributed by atoms with E-state index in [4.69, 9.17) is 4.74 Å². The van der Waals surface area contributed by atoms with Crippen molar-refractivity contribution in [2.75, 3.05) is 32.9 Å². The monoisotopic (exact) mass is 477 g/mol. The predicted molar refractivity (Wildman–Crippen MR) is 131 cm³/mol. The average molecular weight is 478 g/mol. The maximum absolute atomic E-state index is 13.7. The Morgan fingerprint density at radius 1 is 1.09 bits per heavy atom. The molecular formula is C27H31N3O5. The molecule has 2 saturated heterocycles. The third kappa shape index (κ3) is 4.10. The van der Waals surface area contributed by atoms with Gasteiger partial charge >= 0.3 is 0 Å². The van der Waals surface area contributed by atoms with E-state index < -0.39 is 23.9 Å². The molecule has 0 aliphatic carbocycles. The number of aliphatic hydroxyl groups is 1. The number of hydrogen-bond acceptors (Lipinski definition) is 5. The van der Waals surface area contributed by atoms with Crippen molar-refractivity contribution in [3.63, 3.8) is 0 Å². The van der Waals surface area contributed by atoms with Crippen LogP contribution in [0, 0.1) is 11.8 Å². The average Bonchev–Trinajstić information content (AvgIpc) is 3.15. The lowest BCUT2D eigenvalue weighted by Crippen LogP contribution is -2.49. The molecule has 1 aromatic carbocycles. The molecule has 3 aliphatic rings. The van der Waals surface area contributed by atoms with Crippen LogP contribution in [0.1, 0.15) is 36.2 Å². The summed E-state index contributed by atoms with van der Waals surface area (Å²) in [6.45, 7) is 3.77. The minimum atomic E-state index is -0.600. The van der Waals surface area contributed by atoms with E-state index in [1.807, 2.05) is 42.5 Å². The SMILES string of the molecule is CCC(=O)N1[C@@H]2c3ccc(/C=C/c4ccccc4)c(=O)n3C[C@H]1[C@H](CO)[C@H]2C(=O)N1CCOCC1. The molecule has 8 nitrogen and oxygen atoms in total. The molecule has 2 fully saturated rings. The number of pyridine rings is 1. The van der Waals surface area contributed by atoms with Crippen LogP contribution in [0.4, 0.5) is 0 Å². The van der Waals surface area contributed by atoms with E-state index >= 15 is 0 Å². The van der Waals surface area contributed by atoms with Crippen LogP contribution in [0.15, 0.2) is 47.3 Å². The summed E-state index contributed by atoms with van der Waals surface area (Å²) in [7, 11) is 0. The highest BCUT2D eigenvalue weighted by Crippen LogP contribution is 2.49. The van der Waals surface area contributed by atoms with Gasteiger partial charge in [0.05, 0.1) is 31.2 Å². The number of hydrogen-bond donors (Lipinski definition) is 1. The summed E-state index contributed by atoms with van der Waals surface area (Å²) in [6, 6.07) is 12.4. The lowest BCUT2D eigenvalue weighted by Gasteiger charge is -2.38. The normalized spacial score (nSPS) is 25.7. The first-order valence-electron chi connectivity index (χ1n) is 12.3. The van der Waals surface area contributed by atoms with Crippen LogP contribution >= 0.6 is 0 Å². The Balaban J connectivity index is 1.56. The number of ether oxygens (including phenoxy) is 1. The molecule has 0 spiro atoms. The van der Waals surface area contributed by atoms with Crippen LogP contribution in [0.5, 0.6) is 0 Å². The van der Waals surface area contributed by atoms with Crippen LogP contribution in [-0.2, 0) is 20.9 Å². The number of nitrogens with zero attached hydrogens (tertiary/aromatic N) is 3. The van der Waals surface area contributed by atoms with Crippen molar-refractivity contribution >= 4 is 24.0 Å². The Kier molecular flexibility index (Phi) is 6.58. The second-order valence-electron chi connectivity index (χ2n) is 9.35. The fraction of sp³-hybridized carbons (Fsp3) is 0.444. The van der Waals surface area contributed by atoms with Crippen molar-refractivity contribution < 1.29 is 19.4 Å². The zero-order chi connectivity index (χ0) is 24.5. The number of aliphatic hydroxyl groups excluding tert-OH is 1. The maximum Gasteiger partial charge on any atom is 0.258 e. The Morgan fingerprint density at radius 2 is 1.83 bits per heavy atom. The fourth-order valence-corrected chi connectivity index (χ4v) is 5.80. The van der Waals surface area contributed by atoms with Crippen molar-refractivity contribution in [1.29, 1.82) is 0 Å². The van der Waals surface area contributed by atoms with Crippen LogP contribution in [0.2, 0.25) is 0 Å². The molecule has 2 aromatic rings. The van der Waals surface area contributed by atoms with Crippen LogP contribution in [-0.4, -0.2) is 70.2 Å². The summed E-state index contributed by atoms with van der Waals surface area (Å²) in [5, 5.41) is 10.4.